The van der Waals surface area contributed by atoms with E-state index in [2.05, 4.69) is 30.5 Å². The Morgan fingerprint density at radius 3 is 2.63 bits per heavy atom. The van der Waals surface area contributed by atoms with E-state index in [1.165, 1.54) is 0 Å². The fourth-order valence-corrected chi connectivity index (χ4v) is 1.87. The van der Waals surface area contributed by atoms with Gasteiger partial charge < -0.3 is 15.2 Å². The second kappa shape index (κ2) is 6.75. The summed E-state index contributed by atoms with van der Waals surface area (Å²) in [4.78, 5) is 11.9. The van der Waals surface area contributed by atoms with E-state index in [9.17, 15) is 4.79 Å². The summed E-state index contributed by atoms with van der Waals surface area (Å²) in [5.41, 5.74) is 0.963. The number of rotatable bonds is 6. The van der Waals surface area contributed by atoms with Crippen LogP contribution in [0.25, 0.3) is 0 Å². The molecule has 19 heavy (non-hydrogen) atoms. The zero-order valence-corrected chi connectivity index (χ0v) is 12.8. The minimum Gasteiger partial charge on any atom is -0.350 e. The van der Waals surface area contributed by atoms with Crippen molar-refractivity contribution in [2.24, 2.45) is 5.92 Å². The van der Waals surface area contributed by atoms with Gasteiger partial charge in [0.1, 0.15) is 6.54 Å². The SMILES string of the molecule is CC(C)CNCc1cccn1CC(=O)NC(C)(C)C. The van der Waals surface area contributed by atoms with Crippen LogP contribution in [0.4, 0.5) is 0 Å². The van der Waals surface area contributed by atoms with Gasteiger partial charge in [-0.2, -0.15) is 0 Å². The Morgan fingerprint density at radius 2 is 2.05 bits per heavy atom. The van der Waals surface area contributed by atoms with Crippen molar-refractivity contribution < 1.29 is 4.79 Å². The number of hydrogen-bond donors (Lipinski definition) is 2. The molecule has 0 aliphatic rings. The van der Waals surface area contributed by atoms with Crippen molar-refractivity contribution >= 4 is 5.91 Å². The maximum Gasteiger partial charge on any atom is 0.240 e. The second-order valence-corrected chi connectivity index (χ2v) is 6.45. The Kier molecular flexibility index (Phi) is 5.60. The monoisotopic (exact) mass is 265 g/mol. The molecule has 0 saturated heterocycles. The van der Waals surface area contributed by atoms with E-state index in [1.807, 2.05) is 37.6 Å². The number of hydrogen-bond acceptors (Lipinski definition) is 2. The van der Waals surface area contributed by atoms with E-state index < -0.39 is 0 Å². The van der Waals surface area contributed by atoms with Gasteiger partial charge >= 0.3 is 0 Å². The largest absolute Gasteiger partial charge is 0.350 e. The predicted octanol–water partition coefficient (Wildman–Crippen LogP) is 2.15. The van der Waals surface area contributed by atoms with E-state index in [0.29, 0.717) is 12.5 Å². The number of nitrogens with zero attached hydrogens (tertiary/aromatic N) is 1. The van der Waals surface area contributed by atoms with Crippen molar-refractivity contribution in [3.8, 4) is 0 Å². The number of carbonyl (C=O) groups excluding carboxylic acids is 1. The van der Waals surface area contributed by atoms with Crippen LogP contribution in [-0.2, 0) is 17.9 Å². The van der Waals surface area contributed by atoms with Gasteiger partial charge in [0.2, 0.25) is 5.91 Å². The average molecular weight is 265 g/mol. The predicted molar refractivity (Wildman–Crippen MR) is 78.9 cm³/mol. The number of aromatic nitrogens is 1. The van der Waals surface area contributed by atoms with Crippen LogP contribution in [0.5, 0.6) is 0 Å². The number of nitrogens with one attached hydrogen (secondary N) is 2. The molecule has 0 radical (unpaired) electrons. The van der Waals surface area contributed by atoms with Gasteiger partial charge in [-0.1, -0.05) is 13.8 Å². The Bertz CT molecular complexity index is 402. The van der Waals surface area contributed by atoms with Crippen LogP contribution in [0.15, 0.2) is 18.3 Å². The second-order valence-electron chi connectivity index (χ2n) is 6.45. The van der Waals surface area contributed by atoms with Crippen molar-refractivity contribution in [1.29, 1.82) is 0 Å². The molecule has 0 spiro atoms. The minimum atomic E-state index is -0.180. The van der Waals surface area contributed by atoms with Gasteiger partial charge in [-0.15, -0.1) is 0 Å². The van der Waals surface area contributed by atoms with E-state index in [4.69, 9.17) is 0 Å². The zero-order valence-electron chi connectivity index (χ0n) is 12.8. The molecule has 0 aliphatic heterocycles. The first-order valence-electron chi connectivity index (χ1n) is 6.93. The smallest absolute Gasteiger partial charge is 0.240 e. The minimum absolute atomic E-state index is 0.0498. The molecule has 0 saturated carbocycles. The van der Waals surface area contributed by atoms with Crippen molar-refractivity contribution in [3.05, 3.63) is 24.0 Å². The third-order valence-corrected chi connectivity index (χ3v) is 2.61. The summed E-state index contributed by atoms with van der Waals surface area (Å²) in [6.45, 7) is 12.5. The van der Waals surface area contributed by atoms with E-state index in [-0.39, 0.29) is 11.4 Å². The maximum absolute atomic E-state index is 11.9. The third kappa shape index (κ3) is 6.43. The molecule has 0 bridgehead atoms. The Labute approximate surface area is 116 Å². The van der Waals surface area contributed by atoms with Crippen LogP contribution >= 0.6 is 0 Å². The first-order valence-corrected chi connectivity index (χ1v) is 6.93. The standard InChI is InChI=1S/C15H27N3O/c1-12(2)9-16-10-13-7-6-8-18(13)11-14(19)17-15(3,4)5/h6-8,12,16H,9-11H2,1-5H3,(H,17,19). The summed E-state index contributed by atoms with van der Waals surface area (Å²) < 4.78 is 1.99. The Morgan fingerprint density at radius 1 is 1.37 bits per heavy atom. The molecular weight excluding hydrogens is 238 g/mol. The summed E-state index contributed by atoms with van der Waals surface area (Å²) in [5.74, 6) is 0.682. The van der Waals surface area contributed by atoms with Crippen LogP contribution in [0.3, 0.4) is 0 Å². The van der Waals surface area contributed by atoms with Crippen molar-refractivity contribution in [3.63, 3.8) is 0 Å². The number of carbonyl (C=O) groups is 1. The van der Waals surface area contributed by atoms with Crippen LogP contribution in [0.1, 0.15) is 40.3 Å². The molecule has 1 rings (SSSR count). The molecule has 4 heteroatoms. The summed E-state index contributed by atoms with van der Waals surface area (Å²) in [5, 5.41) is 6.38. The normalized spacial score (nSPS) is 11.9. The third-order valence-electron chi connectivity index (χ3n) is 2.61. The van der Waals surface area contributed by atoms with Gasteiger partial charge in [0, 0.05) is 24.0 Å². The molecule has 0 atom stereocenters. The molecule has 1 aromatic heterocycles. The quantitative estimate of drug-likeness (QED) is 0.828. The topological polar surface area (TPSA) is 46.1 Å². The molecular formula is C15H27N3O. The molecule has 4 nitrogen and oxygen atoms in total. The lowest BCUT2D eigenvalue weighted by Gasteiger charge is -2.21. The maximum atomic E-state index is 11.9. The Balaban J connectivity index is 2.50. The average Bonchev–Trinajstić information content (AvgIpc) is 2.62. The van der Waals surface area contributed by atoms with Crippen LogP contribution in [-0.4, -0.2) is 22.6 Å². The van der Waals surface area contributed by atoms with Gasteiger partial charge in [0.05, 0.1) is 0 Å². The van der Waals surface area contributed by atoms with Crippen LogP contribution in [0, 0.1) is 5.92 Å². The molecule has 1 aromatic rings. The molecule has 2 N–H and O–H groups in total. The fourth-order valence-electron chi connectivity index (χ4n) is 1.87. The van der Waals surface area contributed by atoms with E-state index in [1.54, 1.807) is 0 Å². The molecule has 108 valence electrons. The summed E-state index contributed by atoms with van der Waals surface area (Å²) in [6.07, 6.45) is 1.95. The van der Waals surface area contributed by atoms with Crippen molar-refractivity contribution in [2.45, 2.75) is 53.2 Å². The van der Waals surface area contributed by atoms with Gasteiger partial charge in [0.25, 0.3) is 0 Å². The first kappa shape index (κ1) is 15.8. The molecule has 0 aromatic carbocycles. The number of amides is 1. The summed E-state index contributed by atoms with van der Waals surface area (Å²) in [7, 11) is 0. The molecule has 0 aliphatic carbocycles. The van der Waals surface area contributed by atoms with Gasteiger partial charge in [-0.05, 0) is 45.4 Å². The van der Waals surface area contributed by atoms with Crippen molar-refractivity contribution in [1.82, 2.24) is 15.2 Å². The fraction of sp³-hybridized carbons (Fsp3) is 0.667. The van der Waals surface area contributed by atoms with Crippen molar-refractivity contribution in [2.75, 3.05) is 6.54 Å². The summed E-state index contributed by atoms with van der Waals surface area (Å²) >= 11 is 0. The lowest BCUT2D eigenvalue weighted by atomic mass is 10.1. The van der Waals surface area contributed by atoms with Gasteiger partial charge in [-0.3, -0.25) is 4.79 Å². The molecule has 0 fully saturated rings. The highest BCUT2D eigenvalue weighted by molar-refractivity contribution is 5.76. The van der Waals surface area contributed by atoms with Crippen LogP contribution in [0.2, 0.25) is 0 Å². The molecule has 1 amide bonds. The lowest BCUT2D eigenvalue weighted by molar-refractivity contribution is -0.123. The molecule has 1 heterocycles. The highest BCUT2D eigenvalue weighted by Crippen LogP contribution is 2.04. The van der Waals surface area contributed by atoms with Crippen LogP contribution < -0.4 is 10.6 Å². The van der Waals surface area contributed by atoms with E-state index >= 15 is 0 Å². The summed E-state index contributed by atoms with van der Waals surface area (Å²) in [6, 6.07) is 4.04. The highest BCUT2D eigenvalue weighted by atomic mass is 16.2. The van der Waals surface area contributed by atoms with Gasteiger partial charge in [-0.25, -0.2) is 0 Å². The highest BCUT2D eigenvalue weighted by Gasteiger charge is 2.14. The van der Waals surface area contributed by atoms with Gasteiger partial charge in [0.15, 0.2) is 0 Å². The lowest BCUT2D eigenvalue weighted by Crippen LogP contribution is -2.42. The Hall–Kier alpha value is -1.29. The van der Waals surface area contributed by atoms with E-state index in [0.717, 1.165) is 18.8 Å². The zero-order chi connectivity index (χ0) is 14.5. The first-order chi connectivity index (χ1) is 8.78. The molecule has 0 unspecified atom stereocenters.